The fraction of sp³-hybridized carbons (Fsp3) is 0.286. The molecule has 1 aromatic carbocycles. The van der Waals surface area contributed by atoms with Gasteiger partial charge in [-0.2, -0.15) is 0 Å². The van der Waals surface area contributed by atoms with E-state index in [1.807, 2.05) is 18.9 Å². The van der Waals surface area contributed by atoms with Gasteiger partial charge < -0.3 is 4.90 Å². The van der Waals surface area contributed by atoms with E-state index in [1.54, 1.807) is 12.1 Å². The van der Waals surface area contributed by atoms with Crippen molar-refractivity contribution in [2.75, 3.05) is 11.9 Å². The van der Waals surface area contributed by atoms with Crippen LogP contribution in [-0.2, 0) is 13.0 Å². The van der Waals surface area contributed by atoms with Gasteiger partial charge in [0.2, 0.25) is 0 Å². The molecular formula is C14H15ClFN3. The van der Waals surface area contributed by atoms with Crippen molar-refractivity contribution in [3.63, 3.8) is 0 Å². The quantitative estimate of drug-likeness (QED) is 0.803. The minimum Gasteiger partial charge on any atom is -0.355 e. The molecule has 0 N–H and O–H groups in total. The summed E-state index contributed by atoms with van der Waals surface area (Å²) in [6.07, 6.45) is 2.22. The van der Waals surface area contributed by atoms with Gasteiger partial charge in [0.25, 0.3) is 0 Å². The maximum Gasteiger partial charge on any atom is 0.137 e. The standard InChI is InChI=1S/C14H15ClFN3/c1-3-12-13(15)17-9-18-14(12)19(2)8-10-4-6-11(16)7-5-10/h4-7,9H,3,8H2,1-2H3. The van der Waals surface area contributed by atoms with Crippen LogP contribution >= 0.6 is 11.6 Å². The van der Waals surface area contributed by atoms with Gasteiger partial charge in [-0.3, -0.25) is 0 Å². The topological polar surface area (TPSA) is 29.0 Å². The summed E-state index contributed by atoms with van der Waals surface area (Å²) in [5.74, 6) is 0.581. The third-order valence-corrected chi connectivity index (χ3v) is 3.24. The lowest BCUT2D eigenvalue weighted by Gasteiger charge is -2.21. The molecule has 5 heteroatoms. The maximum atomic E-state index is 12.9. The van der Waals surface area contributed by atoms with Gasteiger partial charge in [-0.1, -0.05) is 30.7 Å². The third kappa shape index (κ3) is 3.20. The Morgan fingerprint density at radius 1 is 1.21 bits per heavy atom. The van der Waals surface area contributed by atoms with E-state index >= 15 is 0 Å². The molecule has 0 fully saturated rings. The van der Waals surface area contributed by atoms with Gasteiger partial charge in [0.15, 0.2) is 0 Å². The Labute approximate surface area is 117 Å². The van der Waals surface area contributed by atoms with Crippen molar-refractivity contribution < 1.29 is 4.39 Å². The lowest BCUT2D eigenvalue weighted by atomic mass is 10.2. The van der Waals surface area contributed by atoms with Crippen LogP contribution in [0.5, 0.6) is 0 Å². The molecule has 0 aliphatic rings. The van der Waals surface area contributed by atoms with E-state index in [-0.39, 0.29) is 5.82 Å². The summed E-state index contributed by atoms with van der Waals surface area (Å²) < 4.78 is 12.9. The highest BCUT2D eigenvalue weighted by Gasteiger charge is 2.12. The molecule has 1 aromatic heterocycles. The molecule has 1 heterocycles. The molecule has 2 rings (SSSR count). The highest BCUT2D eigenvalue weighted by molar-refractivity contribution is 6.30. The van der Waals surface area contributed by atoms with Crippen LogP contribution in [0.3, 0.4) is 0 Å². The zero-order valence-corrected chi connectivity index (χ0v) is 11.7. The smallest absolute Gasteiger partial charge is 0.137 e. The first kappa shape index (κ1) is 13.7. The summed E-state index contributed by atoms with van der Waals surface area (Å²) in [6, 6.07) is 6.44. The van der Waals surface area contributed by atoms with Crippen molar-refractivity contribution in [2.45, 2.75) is 19.9 Å². The van der Waals surface area contributed by atoms with Crippen molar-refractivity contribution in [2.24, 2.45) is 0 Å². The summed E-state index contributed by atoms with van der Waals surface area (Å²) in [5, 5.41) is 0.485. The second-order valence-electron chi connectivity index (χ2n) is 4.30. The zero-order valence-electron chi connectivity index (χ0n) is 10.9. The maximum absolute atomic E-state index is 12.9. The lowest BCUT2D eigenvalue weighted by molar-refractivity contribution is 0.627. The Morgan fingerprint density at radius 3 is 2.53 bits per heavy atom. The number of aromatic nitrogens is 2. The molecule has 0 bridgehead atoms. The predicted octanol–water partition coefficient (Wildman–Crippen LogP) is 3.47. The molecule has 0 saturated heterocycles. The van der Waals surface area contributed by atoms with E-state index in [0.29, 0.717) is 11.7 Å². The van der Waals surface area contributed by atoms with Crippen molar-refractivity contribution in [1.29, 1.82) is 0 Å². The van der Waals surface area contributed by atoms with Crippen LogP contribution in [0.25, 0.3) is 0 Å². The molecule has 19 heavy (non-hydrogen) atoms. The van der Waals surface area contributed by atoms with E-state index in [2.05, 4.69) is 9.97 Å². The normalized spacial score (nSPS) is 10.5. The van der Waals surface area contributed by atoms with Crippen LogP contribution in [0.15, 0.2) is 30.6 Å². The van der Waals surface area contributed by atoms with Crippen LogP contribution in [0.1, 0.15) is 18.1 Å². The minimum absolute atomic E-state index is 0.231. The third-order valence-electron chi connectivity index (χ3n) is 2.92. The molecule has 100 valence electrons. The number of halogens is 2. The highest BCUT2D eigenvalue weighted by atomic mass is 35.5. The summed E-state index contributed by atoms with van der Waals surface area (Å²) in [5.41, 5.74) is 1.94. The number of anilines is 1. The van der Waals surface area contributed by atoms with Crippen LogP contribution in [0, 0.1) is 5.82 Å². The first-order valence-corrected chi connectivity index (χ1v) is 6.44. The SMILES string of the molecule is CCc1c(Cl)ncnc1N(C)Cc1ccc(F)cc1. The number of nitrogens with zero attached hydrogens (tertiary/aromatic N) is 3. The van der Waals surface area contributed by atoms with E-state index < -0.39 is 0 Å². The molecule has 0 unspecified atom stereocenters. The van der Waals surface area contributed by atoms with Gasteiger partial charge in [-0.15, -0.1) is 0 Å². The predicted molar refractivity (Wildman–Crippen MR) is 74.9 cm³/mol. The van der Waals surface area contributed by atoms with Crippen molar-refractivity contribution in [1.82, 2.24) is 9.97 Å². The first-order chi connectivity index (χ1) is 9.11. The molecule has 0 amide bonds. The Bertz CT molecular complexity index is 557. The molecular weight excluding hydrogens is 265 g/mol. The van der Waals surface area contributed by atoms with Gasteiger partial charge in [0, 0.05) is 19.2 Å². The molecule has 0 saturated carbocycles. The molecule has 3 nitrogen and oxygen atoms in total. The van der Waals surface area contributed by atoms with Gasteiger partial charge in [-0.25, -0.2) is 14.4 Å². The number of hydrogen-bond donors (Lipinski definition) is 0. The van der Waals surface area contributed by atoms with Crippen molar-refractivity contribution in [3.05, 3.63) is 52.7 Å². The molecule has 2 aromatic rings. The summed E-state index contributed by atoms with van der Waals surface area (Å²) in [4.78, 5) is 10.3. The first-order valence-electron chi connectivity index (χ1n) is 6.06. The monoisotopic (exact) mass is 279 g/mol. The fourth-order valence-corrected chi connectivity index (χ4v) is 2.22. The number of rotatable bonds is 4. The van der Waals surface area contributed by atoms with Gasteiger partial charge >= 0.3 is 0 Å². The largest absolute Gasteiger partial charge is 0.355 e. The highest BCUT2D eigenvalue weighted by Crippen LogP contribution is 2.24. The van der Waals surface area contributed by atoms with E-state index in [1.165, 1.54) is 18.5 Å². The second-order valence-corrected chi connectivity index (χ2v) is 4.66. The lowest BCUT2D eigenvalue weighted by Crippen LogP contribution is -2.19. The number of benzene rings is 1. The Balaban J connectivity index is 2.22. The Kier molecular flexibility index (Phi) is 4.32. The van der Waals surface area contributed by atoms with Crippen LogP contribution < -0.4 is 4.90 Å². The Hall–Kier alpha value is -1.68. The van der Waals surface area contributed by atoms with E-state index in [0.717, 1.165) is 23.4 Å². The van der Waals surface area contributed by atoms with Gasteiger partial charge in [0.1, 0.15) is 23.1 Å². The number of hydrogen-bond acceptors (Lipinski definition) is 3. The molecule has 0 aliphatic carbocycles. The van der Waals surface area contributed by atoms with E-state index in [9.17, 15) is 4.39 Å². The summed E-state index contributed by atoms with van der Waals surface area (Å²) >= 11 is 6.07. The van der Waals surface area contributed by atoms with Crippen molar-refractivity contribution >= 4 is 17.4 Å². The van der Waals surface area contributed by atoms with Gasteiger partial charge in [0.05, 0.1) is 0 Å². The fourth-order valence-electron chi connectivity index (χ4n) is 1.95. The van der Waals surface area contributed by atoms with Crippen LogP contribution in [0.4, 0.5) is 10.2 Å². The average molecular weight is 280 g/mol. The molecule has 0 spiro atoms. The van der Waals surface area contributed by atoms with Crippen LogP contribution in [-0.4, -0.2) is 17.0 Å². The average Bonchev–Trinajstić information content (AvgIpc) is 2.41. The second kappa shape index (κ2) is 5.97. The molecule has 0 aliphatic heterocycles. The van der Waals surface area contributed by atoms with E-state index in [4.69, 9.17) is 11.6 Å². The minimum atomic E-state index is -0.231. The molecule has 0 atom stereocenters. The van der Waals surface area contributed by atoms with Crippen LogP contribution in [0.2, 0.25) is 5.15 Å². The van der Waals surface area contributed by atoms with Crippen molar-refractivity contribution in [3.8, 4) is 0 Å². The summed E-state index contributed by atoms with van der Waals surface area (Å²) in [6.45, 7) is 2.65. The summed E-state index contributed by atoms with van der Waals surface area (Å²) in [7, 11) is 1.93. The van der Waals surface area contributed by atoms with Gasteiger partial charge in [-0.05, 0) is 24.1 Å². The Morgan fingerprint density at radius 2 is 1.89 bits per heavy atom. The molecule has 0 radical (unpaired) electrons. The zero-order chi connectivity index (χ0) is 13.8.